The van der Waals surface area contributed by atoms with Crippen LogP contribution in [0.25, 0.3) is 11.3 Å². The molecule has 0 saturated carbocycles. The van der Waals surface area contributed by atoms with Gasteiger partial charge in [0.25, 0.3) is 0 Å². The third-order valence-corrected chi connectivity index (χ3v) is 3.01. The Morgan fingerprint density at radius 3 is 3.06 bits per heavy atom. The van der Waals surface area contributed by atoms with Crippen molar-refractivity contribution < 1.29 is 4.74 Å². The third kappa shape index (κ3) is 2.11. The summed E-state index contributed by atoms with van der Waals surface area (Å²) >= 11 is 5.79. The van der Waals surface area contributed by atoms with E-state index in [9.17, 15) is 0 Å². The fourth-order valence-corrected chi connectivity index (χ4v) is 2.16. The second kappa shape index (κ2) is 4.34. The summed E-state index contributed by atoms with van der Waals surface area (Å²) in [6.07, 6.45) is 3.80. The predicted molar refractivity (Wildman–Crippen MR) is 66.3 cm³/mol. The van der Waals surface area contributed by atoms with Crippen LogP contribution in [0.1, 0.15) is 12.0 Å². The number of ether oxygens (including phenoxy) is 1. The molecule has 3 rings (SSSR count). The van der Waals surface area contributed by atoms with E-state index >= 15 is 0 Å². The Kier molecular flexibility index (Phi) is 2.69. The molecule has 0 spiro atoms. The van der Waals surface area contributed by atoms with Crippen LogP contribution in [0.2, 0.25) is 5.28 Å². The number of hydrogen-bond acceptors (Lipinski definition) is 3. The fourth-order valence-electron chi connectivity index (χ4n) is 2.02. The number of aromatic nitrogens is 2. The fraction of sp³-hybridized carbons (Fsp3) is 0.231. The summed E-state index contributed by atoms with van der Waals surface area (Å²) in [6.45, 7) is 0.811. The minimum absolute atomic E-state index is 0.275. The van der Waals surface area contributed by atoms with Crippen LogP contribution in [0.5, 0.6) is 5.75 Å². The summed E-state index contributed by atoms with van der Waals surface area (Å²) in [7, 11) is 0. The van der Waals surface area contributed by atoms with E-state index < -0.39 is 0 Å². The molecule has 0 unspecified atom stereocenters. The van der Waals surface area contributed by atoms with Crippen LogP contribution in [0.3, 0.4) is 0 Å². The molecule has 1 aliphatic heterocycles. The summed E-state index contributed by atoms with van der Waals surface area (Å²) in [4.78, 5) is 8.09. The number of nitrogens with zero attached hydrogens (tertiary/aromatic N) is 2. The van der Waals surface area contributed by atoms with E-state index in [0.29, 0.717) is 0 Å². The smallest absolute Gasteiger partial charge is 0.222 e. The van der Waals surface area contributed by atoms with Crippen molar-refractivity contribution in [2.24, 2.45) is 0 Å². The van der Waals surface area contributed by atoms with Gasteiger partial charge in [-0.3, -0.25) is 0 Å². The van der Waals surface area contributed by atoms with Crippen molar-refractivity contribution in [1.29, 1.82) is 0 Å². The number of fused-ring (bicyclic) bond motifs is 1. The highest BCUT2D eigenvalue weighted by molar-refractivity contribution is 6.28. The molecule has 1 aliphatic rings. The zero-order valence-electron chi connectivity index (χ0n) is 9.19. The van der Waals surface area contributed by atoms with E-state index in [1.54, 1.807) is 6.20 Å². The minimum atomic E-state index is 0.275. The molecule has 2 heterocycles. The van der Waals surface area contributed by atoms with Gasteiger partial charge in [0.15, 0.2) is 0 Å². The molecule has 0 aliphatic carbocycles. The lowest BCUT2D eigenvalue weighted by Crippen LogP contribution is -2.08. The normalized spacial score (nSPS) is 13.9. The Morgan fingerprint density at radius 1 is 1.24 bits per heavy atom. The average Bonchev–Trinajstić information content (AvgIpc) is 2.38. The molecule has 0 radical (unpaired) electrons. The van der Waals surface area contributed by atoms with Crippen molar-refractivity contribution in [2.75, 3.05) is 6.61 Å². The second-order valence-electron chi connectivity index (χ2n) is 3.99. The highest BCUT2D eigenvalue weighted by Crippen LogP contribution is 2.29. The van der Waals surface area contributed by atoms with Crippen molar-refractivity contribution in [3.63, 3.8) is 0 Å². The van der Waals surface area contributed by atoms with E-state index in [1.807, 2.05) is 18.2 Å². The highest BCUT2D eigenvalue weighted by Gasteiger charge is 2.11. The van der Waals surface area contributed by atoms with Gasteiger partial charge < -0.3 is 4.74 Å². The molecule has 0 fully saturated rings. The van der Waals surface area contributed by atoms with E-state index in [-0.39, 0.29) is 5.28 Å². The SMILES string of the molecule is Clc1nccc(-c2ccc3c(c2)CCCO3)n1. The maximum absolute atomic E-state index is 5.79. The van der Waals surface area contributed by atoms with Crippen LogP contribution in [0, 0.1) is 0 Å². The molecule has 1 aromatic heterocycles. The van der Waals surface area contributed by atoms with Gasteiger partial charge in [-0.05, 0) is 54.3 Å². The molecule has 3 nitrogen and oxygen atoms in total. The third-order valence-electron chi connectivity index (χ3n) is 2.83. The van der Waals surface area contributed by atoms with Gasteiger partial charge in [-0.25, -0.2) is 9.97 Å². The molecule has 0 amide bonds. The Morgan fingerprint density at radius 2 is 2.18 bits per heavy atom. The first-order valence-corrected chi connectivity index (χ1v) is 5.95. The Hall–Kier alpha value is -1.61. The number of halogens is 1. The molecular formula is C13H11ClN2O. The lowest BCUT2D eigenvalue weighted by molar-refractivity contribution is 0.288. The number of rotatable bonds is 1. The summed E-state index contributed by atoms with van der Waals surface area (Å²) < 4.78 is 5.58. The predicted octanol–water partition coefficient (Wildman–Crippen LogP) is 3.12. The first-order chi connectivity index (χ1) is 8.33. The van der Waals surface area contributed by atoms with E-state index in [0.717, 1.165) is 36.5 Å². The van der Waals surface area contributed by atoms with Gasteiger partial charge >= 0.3 is 0 Å². The summed E-state index contributed by atoms with van der Waals surface area (Å²) in [5.41, 5.74) is 3.14. The zero-order chi connectivity index (χ0) is 11.7. The zero-order valence-corrected chi connectivity index (χ0v) is 9.94. The molecule has 0 N–H and O–H groups in total. The molecule has 2 aromatic rings. The number of hydrogen-bond donors (Lipinski definition) is 0. The van der Waals surface area contributed by atoms with Gasteiger partial charge in [-0.15, -0.1) is 0 Å². The molecule has 0 bridgehead atoms. The maximum Gasteiger partial charge on any atom is 0.222 e. The molecular weight excluding hydrogens is 236 g/mol. The van der Waals surface area contributed by atoms with Crippen LogP contribution in [-0.4, -0.2) is 16.6 Å². The molecule has 86 valence electrons. The minimum Gasteiger partial charge on any atom is -0.493 e. The first kappa shape index (κ1) is 10.5. The van der Waals surface area contributed by atoms with Crippen LogP contribution < -0.4 is 4.74 Å². The summed E-state index contributed by atoms with van der Waals surface area (Å²) in [5.74, 6) is 0.986. The van der Waals surface area contributed by atoms with Gasteiger partial charge in [0.05, 0.1) is 12.3 Å². The van der Waals surface area contributed by atoms with E-state index in [2.05, 4.69) is 16.0 Å². The van der Waals surface area contributed by atoms with Crippen molar-refractivity contribution in [2.45, 2.75) is 12.8 Å². The molecule has 0 saturated heterocycles. The van der Waals surface area contributed by atoms with Gasteiger partial charge in [0.2, 0.25) is 5.28 Å². The molecule has 0 atom stereocenters. The largest absolute Gasteiger partial charge is 0.493 e. The Labute approximate surface area is 104 Å². The number of benzene rings is 1. The van der Waals surface area contributed by atoms with Crippen LogP contribution >= 0.6 is 11.6 Å². The van der Waals surface area contributed by atoms with Crippen molar-refractivity contribution >= 4 is 11.6 Å². The van der Waals surface area contributed by atoms with Crippen molar-refractivity contribution in [3.8, 4) is 17.0 Å². The molecule has 1 aromatic carbocycles. The Balaban J connectivity index is 2.04. The topological polar surface area (TPSA) is 35.0 Å². The summed E-state index contributed by atoms with van der Waals surface area (Å²) in [6, 6.07) is 7.98. The quantitative estimate of drug-likeness (QED) is 0.725. The maximum atomic E-state index is 5.79. The van der Waals surface area contributed by atoms with Crippen molar-refractivity contribution in [3.05, 3.63) is 41.3 Å². The van der Waals surface area contributed by atoms with Gasteiger partial charge in [-0.2, -0.15) is 0 Å². The lowest BCUT2D eigenvalue weighted by atomic mass is 10.0. The van der Waals surface area contributed by atoms with E-state index in [4.69, 9.17) is 16.3 Å². The van der Waals surface area contributed by atoms with E-state index in [1.165, 1.54) is 5.56 Å². The monoisotopic (exact) mass is 246 g/mol. The molecule has 4 heteroatoms. The summed E-state index contributed by atoms with van der Waals surface area (Å²) in [5, 5.41) is 0.275. The standard InChI is InChI=1S/C13H11ClN2O/c14-13-15-6-5-11(16-13)9-3-4-12-10(8-9)2-1-7-17-12/h3-6,8H,1-2,7H2. The Bertz CT molecular complexity index is 557. The van der Waals surface area contributed by atoms with Gasteiger partial charge in [-0.1, -0.05) is 0 Å². The average molecular weight is 247 g/mol. The lowest BCUT2D eigenvalue weighted by Gasteiger charge is -2.17. The van der Waals surface area contributed by atoms with Crippen LogP contribution in [0.4, 0.5) is 0 Å². The second-order valence-corrected chi connectivity index (χ2v) is 4.32. The highest BCUT2D eigenvalue weighted by atomic mass is 35.5. The van der Waals surface area contributed by atoms with Gasteiger partial charge in [0.1, 0.15) is 5.75 Å². The molecule has 17 heavy (non-hydrogen) atoms. The number of aryl methyl sites for hydroxylation is 1. The van der Waals surface area contributed by atoms with Crippen LogP contribution in [-0.2, 0) is 6.42 Å². The van der Waals surface area contributed by atoms with Crippen molar-refractivity contribution in [1.82, 2.24) is 9.97 Å². The van der Waals surface area contributed by atoms with Gasteiger partial charge in [0, 0.05) is 11.8 Å². The van der Waals surface area contributed by atoms with Crippen LogP contribution in [0.15, 0.2) is 30.5 Å². The first-order valence-electron chi connectivity index (χ1n) is 5.57.